The van der Waals surface area contributed by atoms with E-state index in [0.717, 1.165) is 10.4 Å². The molecule has 0 radical (unpaired) electrons. The fourth-order valence-corrected chi connectivity index (χ4v) is 4.45. The number of thiophene rings is 1. The summed E-state index contributed by atoms with van der Waals surface area (Å²) < 4.78 is 0. The molecule has 0 spiro atoms. The second-order valence-corrected chi connectivity index (χ2v) is 10.7. The van der Waals surface area contributed by atoms with Crippen LogP contribution in [0.15, 0.2) is 60.0 Å². The molecule has 9 nitrogen and oxygen atoms in total. The third-order valence-electron chi connectivity index (χ3n) is 5.80. The Morgan fingerprint density at radius 3 is 2.21 bits per heavy atom. The minimum Gasteiger partial charge on any atom is -0.465 e. The highest BCUT2D eigenvalue weighted by atomic mass is 32.1. The Kier molecular flexibility index (Phi) is 8.90. The number of rotatable bonds is 8. The molecule has 1 heterocycles. The molecule has 0 aliphatic rings. The number of amides is 4. The van der Waals surface area contributed by atoms with E-state index in [1.54, 1.807) is 75.6 Å². The van der Waals surface area contributed by atoms with E-state index in [0.29, 0.717) is 29.2 Å². The molecule has 3 N–H and O–H groups in total. The lowest BCUT2D eigenvalue weighted by Gasteiger charge is -2.34. The van der Waals surface area contributed by atoms with Crippen molar-refractivity contribution < 1.29 is 24.3 Å². The number of anilines is 3. The molecule has 10 heteroatoms. The second-order valence-electron chi connectivity index (χ2n) is 9.77. The minimum absolute atomic E-state index is 0.119. The van der Waals surface area contributed by atoms with Crippen molar-refractivity contribution in [2.24, 2.45) is 0 Å². The number of nitrogens with one attached hydrogen (secondary N) is 2. The molecule has 0 aliphatic heterocycles. The zero-order chi connectivity index (χ0) is 28.0. The number of benzene rings is 2. The van der Waals surface area contributed by atoms with Crippen LogP contribution in [0.3, 0.4) is 0 Å². The van der Waals surface area contributed by atoms with Gasteiger partial charge < -0.3 is 20.6 Å². The summed E-state index contributed by atoms with van der Waals surface area (Å²) in [5.41, 5.74) is 1.68. The molecule has 4 amide bonds. The summed E-state index contributed by atoms with van der Waals surface area (Å²) in [7, 11) is 1.63. The van der Waals surface area contributed by atoms with Gasteiger partial charge in [0.05, 0.1) is 11.4 Å². The van der Waals surface area contributed by atoms with Crippen LogP contribution in [0, 0.1) is 0 Å². The van der Waals surface area contributed by atoms with E-state index in [9.17, 15) is 24.3 Å². The van der Waals surface area contributed by atoms with Gasteiger partial charge >= 0.3 is 6.09 Å². The van der Waals surface area contributed by atoms with Crippen molar-refractivity contribution in [3.63, 3.8) is 0 Å². The van der Waals surface area contributed by atoms with Crippen LogP contribution in [-0.4, -0.2) is 53.0 Å². The Morgan fingerprint density at radius 1 is 0.974 bits per heavy atom. The average molecular weight is 537 g/mol. The standard InChI is InChI=1S/C28H32N4O5S/c1-18(33)31(5)15-14-25(34)29-21-11-8-19(9-12-21)26(35)30-22-17-20(24-7-6-16-38-24)10-13-23(22)32(27(36)37)28(2,3)4/h6-13,16-17H,14-15H2,1-5H3,(H,29,34)(H,30,35)(H,36,37). The van der Waals surface area contributed by atoms with Crippen LogP contribution in [0.4, 0.5) is 21.9 Å². The summed E-state index contributed by atoms with van der Waals surface area (Å²) in [4.78, 5) is 52.5. The van der Waals surface area contributed by atoms with Crippen molar-refractivity contribution in [1.82, 2.24) is 4.90 Å². The van der Waals surface area contributed by atoms with Crippen LogP contribution in [0.25, 0.3) is 10.4 Å². The van der Waals surface area contributed by atoms with Crippen LogP contribution >= 0.6 is 11.3 Å². The molecule has 3 aromatic rings. The van der Waals surface area contributed by atoms with Gasteiger partial charge in [-0.1, -0.05) is 12.1 Å². The van der Waals surface area contributed by atoms with E-state index in [1.807, 2.05) is 23.6 Å². The highest BCUT2D eigenvalue weighted by molar-refractivity contribution is 7.13. The number of carbonyl (C=O) groups is 4. The molecule has 1 aromatic heterocycles. The molecular weight excluding hydrogens is 504 g/mol. The van der Waals surface area contributed by atoms with E-state index in [-0.39, 0.29) is 18.2 Å². The van der Waals surface area contributed by atoms with Crippen molar-refractivity contribution in [3.8, 4) is 10.4 Å². The highest BCUT2D eigenvalue weighted by Crippen LogP contribution is 2.36. The second kappa shape index (κ2) is 11.9. The Balaban J connectivity index is 1.82. The quantitative estimate of drug-likeness (QED) is 0.338. The normalized spacial score (nSPS) is 11.0. The molecule has 3 rings (SSSR count). The monoisotopic (exact) mass is 536 g/mol. The SMILES string of the molecule is CC(=O)N(C)CCC(=O)Nc1ccc(C(=O)Nc2cc(-c3cccs3)ccc2N(C(=O)O)C(C)(C)C)cc1. The average Bonchev–Trinajstić information content (AvgIpc) is 3.38. The molecule has 0 unspecified atom stereocenters. The fraction of sp³-hybridized carbons (Fsp3) is 0.286. The molecule has 0 saturated heterocycles. The molecule has 200 valence electrons. The van der Waals surface area contributed by atoms with Gasteiger partial charge in [0.15, 0.2) is 0 Å². The molecule has 0 saturated carbocycles. The van der Waals surface area contributed by atoms with Gasteiger partial charge in [-0.15, -0.1) is 11.3 Å². The van der Waals surface area contributed by atoms with Gasteiger partial charge in [0, 0.05) is 48.6 Å². The van der Waals surface area contributed by atoms with Gasteiger partial charge in [-0.3, -0.25) is 19.3 Å². The van der Waals surface area contributed by atoms with Crippen LogP contribution in [0.1, 0.15) is 44.5 Å². The van der Waals surface area contributed by atoms with Crippen molar-refractivity contribution in [1.29, 1.82) is 0 Å². The van der Waals surface area contributed by atoms with Gasteiger partial charge in [0.25, 0.3) is 5.91 Å². The van der Waals surface area contributed by atoms with E-state index in [4.69, 9.17) is 0 Å². The zero-order valence-electron chi connectivity index (χ0n) is 22.1. The number of nitrogens with zero attached hydrogens (tertiary/aromatic N) is 2. The molecule has 0 fully saturated rings. The largest absolute Gasteiger partial charge is 0.465 e. The van der Waals surface area contributed by atoms with Crippen LogP contribution in [0.2, 0.25) is 0 Å². The van der Waals surface area contributed by atoms with Gasteiger partial charge in [-0.05, 0) is 74.2 Å². The Morgan fingerprint density at radius 2 is 1.66 bits per heavy atom. The van der Waals surface area contributed by atoms with Crippen LogP contribution in [0.5, 0.6) is 0 Å². The van der Waals surface area contributed by atoms with E-state index < -0.39 is 17.5 Å². The smallest absolute Gasteiger partial charge is 0.412 e. The summed E-state index contributed by atoms with van der Waals surface area (Å²) in [6.07, 6.45) is -0.985. The fourth-order valence-electron chi connectivity index (χ4n) is 3.73. The van der Waals surface area contributed by atoms with Crippen molar-refractivity contribution in [3.05, 3.63) is 65.5 Å². The summed E-state index contributed by atoms with van der Waals surface area (Å²) in [5, 5.41) is 17.5. The van der Waals surface area contributed by atoms with Gasteiger partial charge in [-0.2, -0.15) is 0 Å². The predicted molar refractivity (Wildman–Crippen MR) is 151 cm³/mol. The third-order valence-corrected chi connectivity index (χ3v) is 6.72. The summed E-state index contributed by atoms with van der Waals surface area (Å²) in [5.74, 6) is -0.790. The number of carbonyl (C=O) groups excluding carboxylic acids is 3. The van der Waals surface area contributed by atoms with Gasteiger partial charge in [0.1, 0.15) is 0 Å². The van der Waals surface area contributed by atoms with Crippen molar-refractivity contribution in [2.75, 3.05) is 29.1 Å². The Hall–Kier alpha value is -4.18. The van der Waals surface area contributed by atoms with E-state index in [2.05, 4.69) is 10.6 Å². The maximum Gasteiger partial charge on any atom is 0.412 e. The maximum atomic E-state index is 13.2. The molecular formula is C28H32N4O5S. The van der Waals surface area contributed by atoms with Gasteiger partial charge in [-0.25, -0.2) is 4.79 Å². The first kappa shape index (κ1) is 28.4. The topological polar surface area (TPSA) is 119 Å². The Labute approximate surface area is 226 Å². The minimum atomic E-state index is -1.13. The zero-order valence-corrected chi connectivity index (χ0v) is 22.9. The predicted octanol–water partition coefficient (Wildman–Crippen LogP) is 5.76. The first-order chi connectivity index (χ1) is 17.9. The lowest BCUT2D eigenvalue weighted by atomic mass is 10.0. The molecule has 0 atom stereocenters. The first-order valence-electron chi connectivity index (χ1n) is 12.0. The van der Waals surface area contributed by atoms with E-state index in [1.165, 1.54) is 16.7 Å². The summed E-state index contributed by atoms with van der Waals surface area (Å²) in [6.45, 7) is 7.09. The number of hydrogen-bond donors (Lipinski definition) is 3. The van der Waals surface area contributed by atoms with Crippen LogP contribution < -0.4 is 15.5 Å². The molecule has 2 aromatic carbocycles. The summed E-state index contributed by atoms with van der Waals surface area (Å²) in [6, 6.07) is 15.6. The summed E-state index contributed by atoms with van der Waals surface area (Å²) >= 11 is 1.54. The van der Waals surface area contributed by atoms with Gasteiger partial charge in [0.2, 0.25) is 11.8 Å². The first-order valence-corrected chi connectivity index (χ1v) is 12.9. The third kappa shape index (κ3) is 7.19. The van der Waals surface area contributed by atoms with Crippen molar-refractivity contribution in [2.45, 2.75) is 39.7 Å². The molecule has 0 aliphatic carbocycles. The maximum absolute atomic E-state index is 13.2. The van der Waals surface area contributed by atoms with Crippen molar-refractivity contribution >= 4 is 52.2 Å². The lowest BCUT2D eigenvalue weighted by molar-refractivity contribution is -0.128. The van der Waals surface area contributed by atoms with E-state index >= 15 is 0 Å². The highest BCUT2D eigenvalue weighted by Gasteiger charge is 2.30. The van der Waals surface area contributed by atoms with Crippen LogP contribution in [-0.2, 0) is 9.59 Å². The number of hydrogen-bond acceptors (Lipinski definition) is 5. The molecule has 0 bridgehead atoms. The molecule has 38 heavy (non-hydrogen) atoms. The number of carboxylic acid groups (broad SMARTS) is 1. The lowest BCUT2D eigenvalue weighted by Crippen LogP contribution is -2.45. The Bertz CT molecular complexity index is 1310.